The van der Waals surface area contributed by atoms with Gasteiger partial charge in [0.15, 0.2) is 11.5 Å². The fourth-order valence-electron chi connectivity index (χ4n) is 4.34. The Morgan fingerprint density at radius 1 is 0.971 bits per heavy atom. The van der Waals surface area contributed by atoms with Crippen molar-refractivity contribution in [3.05, 3.63) is 65.2 Å². The SMILES string of the molecule is Cc1c(-c2ccccc2)sc(NC(=O)CCc2ccc3c(c2)OCCO3)c1C(=O)N1CCOCC1. The summed E-state index contributed by atoms with van der Waals surface area (Å²) in [5.74, 6) is 1.26. The molecule has 1 N–H and O–H groups in total. The number of rotatable bonds is 6. The third-order valence-electron chi connectivity index (χ3n) is 6.20. The highest BCUT2D eigenvalue weighted by Crippen LogP contribution is 2.40. The quantitative estimate of drug-likeness (QED) is 0.547. The van der Waals surface area contributed by atoms with E-state index >= 15 is 0 Å². The number of anilines is 1. The minimum Gasteiger partial charge on any atom is -0.486 e. The molecule has 0 saturated carbocycles. The Bertz CT molecular complexity index is 1220. The summed E-state index contributed by atoms with van der Waals surface area (Å²) in [6, 6.07) is 15.7. The van der Waals surface area contributed by atoms with Gasteiger partial charge in [0.2, 0.25) is 5.91 Å². The number of nitrogens with one attached hydrogen (secondary N) is 1. The molecule has 1 aromatic heterocycles. The number of carbonyl (C=O) groups excluding carboxylic acids is 2. The van der Waals surface area contributed by atoms with Crippen molar-refractivity contribution in [1.82, 2.24) is 4.90 Å². The summed E-state index contributed by atoms with van der Waals surface area (Å²) in [5.41, 5.74) is 3.49. The molecular formula is C27H28N2O5S. The molecule has 0 radical (unpaired) electrons. The van der Waals surface area contributed by atoms with Gasteiger partial charge in [-0.25, -0.2) is 0 Å². The van der Waals surface area contributed by atoms with Crippen molar-refractivity contribution in [2.75, 3.05) is 44.8 Å². The lowest BCUT2D eigenvalue weighted by Crippen LogP contribution is -2.41. The van der Waals surface area contributed by atoms with Crippen LogP contribution < -0.4 is 14.8 Å². The molecule has 182 valence electrons. The van der Waals surface area contributed by atoms with Crippen LogP contribution >= 0.6 is 11.3 Å². The van der Waals surface area contributed by atoms with Crippen LogP contribution in [0.5, 0.6) is 11.5 Å². The normalized spacial score (nSPS) is 15.1. The number of thiophene rings is 1. The van der Waals surface area contributed by atoms with Gasteiger partial charge in [-0.15, -0.1) is 11.3 Å². The van der Waals surface area contributed by atoms with Crippen molar-refractivity contribution >= 4 is 28.2 Å². The van der Waals surface area contributed by atoms with Gasteiger partial charge in [0.25, 0.3) is 5.91 Å². The number of aryl methyl sites for hydroxylation is 1. The van der Waals surface area contributed by atoms with E-state index < -0.39 is 0 Å². The minimum atomic E-state index is -0.128. The number of amides is 2. The summed E-state index contributed by atoms with van der Waals surface area (Å²) >= 11 is 1.45. The van der Waals surface area contributed by atoms with Gasteiger partial charge in [-0.2, -0.15) is 0 Å². The molecule has 35 heavy (non-hydrogen) atoms. The van der Waals surface area contributed by atoms with Crippen LogP contribution in [0.15, 0.2) is 48.5 Å². The molecule has 1 fully saturated rings. The zero-order valence-corrected chi connectivity index (χ0v) is 20.5. The molecule has 7 nitrogen and oxygen atoms in total. The number of nitrogens with zero attached hydrogens (tertiary/aromatic N) is 1. The molecule has 2 aromatic carbocycles. The molecule has 2 amide bonds. The van der Waals surface area contributed by atoms with E-state index in [4.69, 9.17) is 14.2 Å². The number of fused-ring (bicyclic) bond motifs is 1. The number of hydrogen-bond acceptors (Lipinski definition) is 6. The maximum absolute atomic E-state index is 13.5. The second-order valence-electron chi connectivity index (χ2n) is 8.56. The first-order valence-electron chi connectivity index (χ1n) is 11.8. The van der Waals surface area contributed by atoms with Crippen LogP contribution in [0.3, 0.4) is 0 Å². The summed E-state index contributed by atoms with van der Waals surface area (Å²) in [6.45, 7) is 5.18. The topological polar surface area (TPSA) is 77.1 Å². The molecule has 5 rings (SSSR count). The summed E-state index contributed by atoms with van der Waals surface area (Å²) in [7, 11) is 0. The fourth-order valence-corrected chi connectivity index (χ4v) is 5.56. The van der Waals surface area contributed by atoms with Crippen LogP contribution in [0, 0.1) is 6.92 Å². The molecule has 2 aliphatic rings. The Morgan fingerprint density at radius 2 is 1.71 bits per heavy atom. The van der Waals surface area contributed by atoms with Gasteiger partial charge in [-0.3, -0.25) is 9.59 Å². The fraction of sp³-hybridized carbons (Fsp3) is 0.333. The molecule has 0 aliphatic carbocycles. The number of benzene rings is 2. The van der Waals surface area contributed by atoms with Crippen molar-refractivity contribution in [1.29, 1.82) is 0 Å². The molecule has 0 bridgehead atoms. The number of hydrogen-bond donors (Lipinski definition) is 1. The molecular weight excluding hydrogens is 464 g/mol. The zero-order chi connectivity index (χ0) is 24.2. The van der Waals surface area contributed by atoms with Gasteiger partial charge in [-0.1, -0.05) is 36.4 Å². The molecule has 3 aromatic rings. The van der Waals surface area contributed by atoms with Crippen LogP contribution in [-0.2, 0) is 16.0 Å². The van der Waals surface area contributed by atoms with E-state index in [2.05, 4.69) is 5.32 Å². The van der Waals surface area contributed by atoms with E-state index in [-0.39, 0.29) is 11.8 Å². The highest BCUT2D eigenvalue weighted by molar-refractivity contribution is 7.20. The monoisotopic (exact) mass is 492 g/mol. The maximum atomic E-state index is 13.5. The van der Waals surface area contributed by atoms with Gasteiger partial charge >= 0.3 is 0 Å². The Morgan fingerprint density at radius 3 is 2.49 bits per heavy atom. The van der Waals surface area contributed by atoms with E-state index in [1.807, 2.05) is 55.5 Å². The van der Waals surface area contributed by atoms with Crippen molar-refractivity contribution in [3.63, 3.8) is 0 Å². The van der Waals surface area contributed by atoms with E-state index in [1.54, 1.807) is 4.90 Å². The molecule has 8 heteroatoms. The Kier molecular flexibility index (Phi) is 7.01. The van der Waals surface area contributed by atoms with Crippen LogP contribution in [0.2, 0.25) is 0 Å². The van der Waals surface area contributed by atoms with Crippen LogP contribution in [0.4, 0.5) is 5.00 Å². The van der Waals surface area contributed by atoms with E-state index in [9.17, 15) is 9.59 Å². The standard InChI is InChI=1S/C27H28N2O5S/c1-18-24(27(31)29-11-13-32-14-12-29)26(35-25(18)20-5-3-2-4-6-20)28-23(30)10-8-19-7-9-21-22(17-19)34-16-15-33-21/h2-7,9,17H,8,10-16H2,1H3,(H,28,30). The summed E-state index contributed by atoms with van der Waals surface area (Å²) in [4.78, 5) is 29.3. The van der Waals surface area contributed by atoms with Crippen molar-refractivity contribution in [3.8, 4) is 21.9 Å². The lowest BCUT2D eigenvalue weighted by molar-refractivity contribution is -0.116. The summed E-state index contributed by atoms with van der Waals surface area (Å²) in [5, 5.41) is 3.64. The lowest BCUT2D eigenvalue weighted by atomic mass is 10.1. The van der Waals surface area contributed by atoms with E-state index in [0.717, 1.165) is 27.3 Å². The highest BCUT2D eigenvalue weighted by atomic mass is 32.1. The van der Waals surface area contributed by atoms with Gasteiger partial charge < -0.3 is 24.4 Å². The highest BCUT2D eigenvalue weighted by Gasteiger charge is 2.28. The third-order valence-corrected chi connectivity index (χ3v) is 7.45. The Labute approximate surface area is 208 Å². The summed E-state index contributed by atoms with van der Waals surface area (Å²) in [6.07, 6.45) is 0.855. The van der Waals surface area contributed by atoms with E-state index in [1.165, 1.54) is 11.3 Å². The van der Waals surface area contributed by atoms with Crippen molar-refractivity contribution in [2.45, 2.75) is 19.8 Å². The summed E-state index contributed by atoms with van der Waals surface area (Å²) < 4.78 is 16.6. The first-order valence-corrected chi connectivity index (χ1v) is 12.7. The van der Waals surface area contributed by atoms with Crippen molar-refractivity contribution < 1.29 is 23.8 Å². The van der Waals surface area contributed by atoms with Gasteiger partial charge in [0.1, 0.15) is 18.2 Å². The maximum Gasteiger partial charge on any atom is 0.257 e. The Balaban J connectivity index is 1.35. The molecule has 1 saturated heterocycles. The van der Waals surface area contributed by atoms with Crippen LogP contribution in [0.25, 0.3) is 10.4 Å². The predicted molar refractivity (Wildman–Crippen MR) is 136 cm³/mol. The molecule has 2 aliphatic heterocycles. The number of carbonyl (C=O) groups is 2. The van der Waals surface area contributed by atoms with Crippen molar-refractivity contribution in [2.24, 2.45) is 0 Å². The van der Waals surface area contributed by atoms with Gasteiger partial charge in [-0.05, 0) is 42.2 Å². The first-order chi connectivity index (χ1) is 17.1. The number of ether oxygens (including phenoxy) is 3. The third kappa shape index (κ3) is 5.18. The lowest BCUT2D eigenvalue weighted by Gasteiger charge is -2.27. The van der Waals surface area contributed by atoms with E-state index in [0.29, 0.717) is 68.7 Å². The first kappa shape index (κ1) is 23.4. The largest absolute Gasteiger partial charge is 0.486 e. The van der Waals surface area contributed by atoms with Gasteiger partial charge in [0.05, 0.1) is 18.8 Å². The van der Waals surface area contributed by atoms with Crippen LogP contribution in [-0.4, -0.2) is 56.2 Å². The zero-order valence-electron chi connectivity index (χ0n) is 19.7. The molecule has 0 spiro atoms. The average molecular weight is 493 g/mol. The minimum absolute atomic E-state index is 0.0635. The second-order valence-corrected chi connectivity index (χ2v) is 9.58. The molecule has 3 heterocycles. The predicted octanol–water partition coefficient (Wildman–Crippen LogP) is 4.54. The number of morpholine rings is 1. The molecule has 0 atom stereocenters. The Hall–Kier alpha value is -3.36. The van der Waals surface area contributed by atoms with Crippen LogP contribution in [0.1, 0.15) is 27.9 Å². The second kappa shape index (κ2) is 10.5. The molecule has 0 unspecified atom stereocenters. The van der Waals surface area contributed by atoms with Gasteiger partial charge in [0, 0.05) is 24.4 Å². The average Bonchev–Trinajstić information content (AvgIpc) is 3.23. The smallest absolute Gasteiger partial charge is 0.257 e.